The number of ether oxygens (including phenoxy) is 1. The number of rotatable bonds is 6. The average Bonchev–Trinajstić information content (AvgIpc) is 2.89. The second-order valence-electron chi connectivity index (χ2n) is 9.33. The summed E-state index contributed by atoms with van der Waals surface area (Å²) in [6.45, 7) is 2.22. The van der Waals surface area contributed by atoms with Crippen molar-refractivity contribution in [1.82, 2.24) is 9.47 Å². The Kier molecular flexibility index (Phi) is 6.51. The number of nitrogens with one attached hydrogen (secondary N) is 1. The number of methoxy groups -OCH3 is 1. The Hall–Kier alpha value is -3.71. The average molecular weight is 472 g/mol. The van der Waals surface area contributed by atoms with Gasteiger partial charge < -0.3 is 19.5 Å². The van der Waals surface area contributed by atoms with Crippen LogP contribution in [0.5, 0.6) is 0 Å². The van der Waals surface area contributed by atoms with Crippen LogP contribution >= 0.6 is 0 Å². The van der Waals surface area contributed by atoms with Gasteiger partial charge >= 0.3 is 0 Å². The van der Waals surface area contributed by atoms with E-state index in [0.29, 0.717) is 38.2 Å². The first kappa shape index (κ1) is 23.1. The third kappa shape index (κ3) is 4.77. The van der Waals surface area contributed by atoms with Gasteiger partial charge in [-0.3, -0.25) is 14.4 Å². The second kappa shape index (κ2) is 9.88. The lowest BCUT2D eigenvalue weighted by Gasteiger charge is -2.43. The minimum Gasteiger partial charge on any atom is -0.384 e. The van der Waals surface area contributed by atoms with E-state index in [-0.39, 0.29) is 34.9 Å². The summed E-state index contributed by atoms with van der Waals surface area (Å²) < 4.78 is 6.83. The lowest BCUT2D eigenvalue weighted by molar-refractivity contribution is -0.134. The first-order valence-corrected chi connectivity index (χ1v) is 12.0. The molecule has 2 aliphatic heterocycles. The number of amides is 2. The lowest BCUT2D eigenvalue weighted by Crippen LogP contribution is -2.49. The van der Waals surface area contributed by atoms with E-state index in [9.17, 15) is 14.4 Å². The largest absolute Gasteiger partial charge is 0.384 e. The number of aromatic nitrogens is 1. The monoisotopic (exact) mass is 471 g/mol. The summed E-state index contributed by atoms with van der Waals surface area (Å²) in [5.41, 5.74) is 3.62. The minimum atomic E-state index is -0.312. The molecule has 35 heavy (non-hydrogen) atoms. The number of pyridine rings is 1. The third-order valence-corrected chi connectivity index (χ3v) is 6.98. The topological polar surface area (TPSA) is 80.6 Å². The standard InChI is InChI=1S/C28H29N3O4/c1-35-14-13-26(32)30-16-19-15-23(18-30)25-12-11-24(28(34)31(25)17-19)29-27(33)22-9-7-21(8-10-22)20-5-3-2-4-6-20/h2-12,19,23H,13-18H2,1H3,(H,29,33)/t19-,23-/m1/s1. The Morgan fingerprint density at radius 3 is 2.43 bits per heavy atom. The van der Waals surface area contributed by atoms with Gasteiger partial charge in [0.25, 0.3) is 11.5 Å². The van der Waals surface area contributed by atoms with Gasteiger partial charge in [-0.05, 0) is 47.7 Å². The van der Waals surface area contributed by atoms with Crippen LogP contribution < -0.4 is 10.9 Å². The number of hydrogen-bond donors (Lipinski definition) is 1. The number of piperidine rings is 1. The number of anilines is 1. The van der Waals surface area contributed by atoms with Crippen LogP contribution in [-0.2, 0) is 16.1 Å². The minimum absolute atomic E-state index is 0.0968. The molecule has 3 heterocycles. The van der Waals surface area contributed by atoms with E-state index in [1.165, 1.54) is 0 Å². The number of nitrogens with zero attached hydrogens (tertiary/aromatic N) is 2. The van der Waals surface area contributed by atoms with Crippen molar-refractivity contribution >= 4 is 17.5 Å². The van der Waals surface area contributed by atoms with Gasteiger partial charge in [-0.25, -0.2) is 0 Å². The zero-order chi connectivity index (χ0) is 24.4. The highest BCUT2D eigenvalue weighted by Crippen LogP contribution is 2.35. The molecule has 180 valence electrons. The highest BCUT2D eigenvalue weighted by atomic mass is 16.5. The fourth-order valence-electron chi connectivity index (χ4n) is 5.23. The number of carbonyl (C=O) groups excluding carboxylic acids is 2. The summed E-state index contributed by atoms with van der Waals surface area (Å²) in [5, 5.41) is 2.80. The number of benzene rings is 2. The molecule has 0 saturated carbocycles. The van der Waals surface area contributed by atoms with Crippen molar-refractivity contribution < 1.29 is 14.3 Å². The normalized spacial score (nSPS) is 18.6. The van der Waals surface area contributed by atoms with Gasteiger partial charge in [-0.1, -0.05) is 42.5 Å². The molecule has 1 saturated heterocycles. The fraction of sp³-hybridized carbons (Fsp3) is 0.321. The summed E-state index contributed by atoms with van der Waals surface area (Å²) in [4.78, 5) is 40.5. The van der Waals surface area contributed by atoms with Crippen molar-refractivity contribution in [2.45, 2.75) is 25.3 Å². The molecule has 3 aromatic rings. The van der Waals surface area contributed by atoms with Crippen molar-refractivity contribution in [2.75, 3.05) is 32.1 Å². The van der Waals surface area contributed by atoms with E-state index in [1.807, 2.05) is 53.4 Å². The molecule has 1 aromatic heterocycles. The maximum atomic E-state index is 13.3. The summed E-state index contributed by atoms with van der Waals surface area (Å²) in [5.74, 6) is 0.131. The zero-order valence-electron chi connectivity index (χ0n) is 19.8. The molecule has 2 amide bonds. The summed E-state index contributed by atoms with van der Waals surface area (Å²) >= 11 is 0. The molecule has 1 N–H and O–H groups in total. The highest BCUT2D eigenvalue weighted by molar-refractivity contribution is 6.04. The Bertz CT molecular complexity index is 1280. The Morgan fingerprint density at radius 1 is 0.943 bits per heavy atom. The van der Waals surface area contributed by atoms with Gasteiger partial charge in [0, 0.05) is 43.9 Å². The second-order valence-corrected chi connectivity index (χ2v) is 9.33. The van der Waals surface area contributed by atoms with Gasteiger partial charge in [-0.15, -0.1) is 0 Å². The molecule has 2 atom stereocenters. The smallest absolute Gasteiger partial charge is 0.274 e. The Morgan fingerprint density at radius 2 is 1.69 bits per heavy atom. The molecule has 5 rings (SSSR count). The lowest BCUT2D eigenvalue weighted by atomic mass is 9.83. The van der Waals surface area contributed by atoms with Gasteiger partial charge in [0.05, 0.1) is 13.0 Å². The first-order chi connectivity index (χ1) is 17.0. The van der Waals surface area contributed by atoms with E-state index in [1.54, 1.807) is 29.9 Å². The molecule has 0 unspecified atom stereocenters. The summed E-state index contributed by atoms with van der Waals surface area (Å²) in [6.07, 6.45) is 1.34. The van der Waals surface area contributed by atoms with Crippen LogP contribution in [0.4, 0.5) is 5.69 Å². The van der Waals surface area contributed by atoms with Crippen LogP contribution in [0.3, 0.4) is 0 Å². The molecule has 0 aliphatic carbocycles. The molecular weight excluding hydrogens is 442 g/mol. The Balaban J connectivity index is 1.31. The van der Waals surface area contributed by atoms with Crippen LogP contribution in [0.1, 0.15) is 34.8 Å². The quantitative estimate of drug-likeness (QED) is 0.594. The number of likely N-dealkylation sites (tertiary alicyclic amines) is 1. The molecule has 1 fully saturated rings. The van der Waals surface area contributed by atoms with Crippen molar-refractivity contribution in [3.05, 3.63) is 88.3 Å². The molecule has 0 spiro atoms. The fourth-order valence-corrected chi connectivity index (χ4v) is 5.23. The molecule has 2 aliphatic rings. The summed E-state index contributed by atoms with van der Waals surface area (Å²) in [7, 11) is 1.59. The van der Waals surface area contributed by atoms with Crippen LogP contribution in [0.2, 0.25) is 0 Å². The molecule has 2 bridgehead atoms. The van der Waals surface area contributed by atoms with Crippen LogP contribution in [0.25, 0.3) is 11.1 Å². The molecule has 7 nitrogen and oxygen atoms in total. The third-order valence-electron chi connectivity index (χ3n) is 6.98. The molecular formula is C28H29N3O4. The summed E-state index contributed by atoms with van der Waals surface area (Å²) in [6, 6.07) is 20.9. The molecule has 0 radical (unpaired) electrons. The first-order valence-electron chi connectivity index (χ1n) is 12.0. The van der Waals surface area contributed by atoms with Crippen LogP contribution in [-0.4, -0.2) is 48.1 Å². The van der Waals surface area contributed by atoms with E-state index >= 15 is 0 Å². The van der Waals surface area contributed by atoms with E-state index < -0.39 is 0 Å². The van der Waals surface area contributed by atoms with Gasteiger partial charge in [0.15, 0.2) is 0 Å². The van der Waals surface area contributed by atoms with Gasteiger partial charge in [0.1, 0.15) is 5.69 Å². The number of carbonyl (C=O) groups is 2. The highest BCUT2D eigenvalue weighted by Gasteiger charge is 2.36. The zero-order valence-corrected chi connectivity index (χ0v) is 19.8. The number of fused-ring (bicyclic) bond motifs is 4. The predicted molar refractivity (Wildman–Crippen MR) is 134 cm³/mol. The van der Waals surface area contributed by atoms with Crippen molar-refractivity contribution in [3.63, 3.8) is 0 Å². The number of hydrogen-bond acceptors (Lipinski definition) is 4. The van der Waals surface area contributed by atoms with E-state index in [0.717, 1.165) is 23.2 Å². The maximum absolute atomic E-state index is 13.3. The molecule has 2 aromatic carbocycles. The SMILES string of the molecule is COCCC(=O)N1C[C@H]2C[C@H](C1)c1ccc(NC(=O)c3ccc(-c4ccccc4)cc3)c(=O)n1C2. The molecule has 7 heteroatoms. The van der Waals surface area contributed by atoms with Crippen LogP contribution in [0, 0.1) is 5.92 Å². The van der Waals surface area contributed by atoms with E-state index in [2.05, 4.69) is 5.32 Å². The van der Waals surface area contributed by atoms with Gasteiger partial charge in [0.2, 0.25) is 5.91 Å². The Labute approximate surface area is 204 Å². The predicted octanol–water partition coefficient (Wildman–Crippen LogP) is 3.75. The van der Waals surface area contributed by atoms with Crippen LogP contribution in [0.15, 0.2) is 71.5 Å². The van der Waals surface area contributed by atoms with Crippen molar-refractivity contribution in [3.8, 4) is 11.1 Å². The van der Waals surface area contributed by atoms with Gasteiger partial charge in [-0.2, -0.15) is 0 Å². The maximum Gasteiger partial charge on any atom is 0.274 e. The van der Waals surface area contributed by atoms with Crippen molar-refractivity contribution in [1.29, 1.82) is 0 Å². The van der Waals surface area contributed by atoms with E-state index in [4.69, 9.17) is 4.74 Å². The van der Waals surface area contributed by atoms with Crippen molar-refractivity contribution in [2.24, 2.45) is 5.92 Å².